The molecule has 0 aliphatic carbocycles. The second-order valence-corrected chi connectivity index (χ2v) is 20.6. The molecule has 4 rings (SSSR count). The molecule has 1 saturated heterocycles. The van der Waals surface area contributed by atoms with Gasteiger partial charge in [0.05, 0.1) is 30.2 Å². The highest BCUT2D eigenvalue weighted by Crippen LogP contribution is 2.42. The number of thiophene rings is 1. The minimum Gasteiger partial charge on any atom is -0.478 e. The van der Waals surface area contributed by atoms with Gasteiger partial charge >= 0.3 is 23.9 Å². The molecule has 0 spiro atoms. The average molecular weight is 925 g/mol. The molecule has 25 heteroatoms. The molecule has 1 unspecified atom stereocenters. The number of carboxylic acids is 2. The van der Waals surface area contributed by atoms with Gasteiger partial charge in [-0.2, -0.15) is 4.37 Å². The van der Waals surface area contributed by atoms with Crippen molar-refractivity contribution < 1.29 is 70.0 Å². The number of esters is 2. The number of fused-ring (bicyclic) bond motifs is 1. The Morgan fingerprint density at radius 3 is 2.25 bits per heavy atom. The molecule has 21 nitrogen and oxygen atoms in total. The van der Waals surface area contributed by atoms with Crippen molar-refractivity contribution >= 4 is 78.5 Å². The molecule has 2 aromatic rings. The van der Waals surface area contributed by atoms with Crippen LogP contribution in [0, 0.1) is 0 Å². The molecule has 0 bridgehead atoms. The zero-order chi connectivity index (χ0) is 44.8. The standard InChI is InChI=1S/C31H48N6O11S4.C4H4O4/c1-7-32-23-15-19(2)51(41,42)30-22(23)16-26(49-30)52(43,44)36-28(40)20(3)47-24(38)9-8-10-25(39)48-21(17-33-31(4,5)6)18-46-29-27(34-50-35-29)37-11-13-45-14-12-37;5-3(6)1-2-4(7)8/h16,19-21,23,32-33H,7-15,17-18H2,1-6H3,(H,36,40);1-2H,(H,5,6)(H,7,8)/b;2-1-/t19-,20?,21-,23-;/m0./s1. The molecule has 0 aromatic carbocycles. The van der Waals surface area contributed by atoms with Crippen LogP contribution in [-0.4, -0.2) is 135 Å². The molecule has 1 amide bonds. The van der Waals surface area contributed by atoms with Crippen molar-refractivity contribution in [1.82, 2.24) is 24.1 Å². The Morgan fingerprint density at radius 2 is 1.67 bits per heavy atom. The van der Waals surface area contributed by atoms with E-state index >= 15 is 0 Å². The van der Waals surface area contributed by atoms with E-state index in [2.05, 4.69) is 19.4 Å². The lowest BCUT2D eigenvalue weighted by atomic mass is 10.1. The van der Waals surface area contributed by atoms with E-state index in [1.807, 2.05) is 37.3 Å². The van der Waals surface area contributed by atoms with Crippen LogP contribution in [0.2, 0.25) is 0 Å². The summed E-state index contributed by atoms with van der Waals surface area (Å²) < 4.78 is 84.2. The number of hydrogen-bond acceptors (Lipinski definition) is 20. The largest absolute Gasteiger partial charge is 0.478 e. The maximum Gasteiger partial charge on any atom is 0.328 e. The summed E-state index contributed by atoms with van der Waals surface area (Å²) in [7, 11) is -8.22. The number of amides is 1. The van der Waals surface area contributed by atoms with Crippen molar-refractivity contribution in [2.45, 2.75) is 105 Å². The van der Waals surface area contributed by atoms with E-state index in [1.165, 1.54) is 13.0 Å². The zero-order valence-corrected chi connectivity index (χ0v) is 37.3. The normalized spacial score (nSPS) is 18.6. The van der Waals surface area contributed by atoms with E-state index in [1.54, 1.807) is 6.92 Å². The molecule has 2 aliphatic heterocycles. The fourth-order valence-electron chi connectivity index (χ4n) is 5.47. The topological polar surface area (TPSA) is 296 Å². The number of sulfonamides is 1. The number of carbonyl (C=O) groups is 5. The second-order valence-electron chi connectivity index (χ2n) is 14.5. The highest BCUT2D eigenvalue weighted by molar-refractivity contribution is 7.95. The van der Waals surface area contributed by atoms with Crippen molar-refractivity contribution in [2.75, 3.05) is 50.9 Å². The number of nitrogens with one attached hydrogen (secondary N) is 3. The predicted molar refractivity (Wildman–Crippen MR) is 217 cm³/mol. The Labute approximate surface area is 356 Å². The molecular formula is C35H52N6O15S4. The summed E-state index contributed by atoms with van der Waals surface area (Å²) >= 11 is 1.59. The number of hydrogen-bond donors (Lipinski definition) is 5. The van der Waals surface area contributed by atoms with Gasteiger partial charge in [-0.05, 0) is 60.1 Å². The van der Waals surface area contributed by atoms with Gasteiger partial charge < -0.3 is 44.7 Å². The summed E-state index contributed by atoms with van der Waals surface area (Å²) in [4.78, 5) is 59.2. The van der Waals surface area contributed by atoms with Gasteiger partial charge in [0.25, 0.3) is 21.8 Å². The molecule has 2 aromatic heterocycles. The number of ether oxygens (including phenoxy) is 4. The van der Waals surface area contributed by atoms with Crippen LogP contribution < -0.4 is 25.0 Å². The van der Waals surface area contributed by atoms with Crippen molar-refractivity contribution in [3.8, 4) is 5.88 Å². The Balaban J connectivity index is 0.00000109. The van der Waals surface area contributed by atoms with Gasteiger partial charge in [-0.1, -0.05) is 6.92 Å². The van der Waals surface area contributed by atoms with Crippen LogP contribution in [-0.2, 0) is 58.0 Å². The predicted octanol–water partition coefficient (Wildman–Crippen LogP) is 1.65. The van der Waals surface area contributed by atoms with Gasteiger partial charge in [0, 0.05) is 61.8 Å². The van der Waals surface area contributed by atoms with E-state index in [4.69, 9.17) is 29.2 Å². The summed E-state index contributed by atoms with van der Waals surface area (Å²) in [6.45, 7) is 13.8. The number of carboxylic acid groups (broad SMARTS) is 2. The third kappa shape index (κ3) is 15.6. The second kappa shape index (κ2) is 22.5. The molecule has 336 valence electrons. The fraction of sp³-hybridized carbons (Fsp3) is 0.629. The first-order valence-corrected chi connectivity index (χ1v) is 23.3. The Kier molecular flexibility index (Phi) is 18.8. The Bertz CT molecular complexity index is 2040. The average Bonchev–Trinajstić information content (AvgIpc) is 3.84. The minimum atomic E-state index is -4.48. The fourth-order valence-corrected chi connectivity index (χ4v) is 11.0. The van der Waals surface area contributed by atoms with Crippen LogP contribution in [0.5, 0.6) is 5.88 Å². The summed E-state index contributed by atoms with van der Waals surface area (Å²) in [5.41, 5.74) is 0.0741. The monoisotopic (exact) mass is 924 g/mol. The van der Waals surface area contributed by atoms with Crippen molar-refractivity contribution in [2.24, 2.45) is 0 Å². The van der Waals surface area contributed by atoms with Gasteiger partial charge in [0.2, 0.25) is 5.82 Å². The Morgan fingerprint density at radius 1 is 1.05 bits per heavy atom. The third-order valence-corrected chi connectivity index (χ3v) is 14.7. The van der Waals surface area contributed by atoms with E-state index in [0.717, 1.165) is 11.7 Å². The highest BCUT2D eigenvalue weighted by Gasteiger charge is 2.40. The van der Waals surface area contributed by atoms with E-state index in [0.29, 0.717) is 73.6 Å². The number of sulfone groups is 1. The minimum absolute atomic E-state index is 0.00832. The number of morpholine rings is 1. The van der Waals surface area contributed by atoms with Gasteiger partial charge in [0.1, 0.15) is 21.1 Å². The number of anilines is 1. The maximum atomic E-state index is 13.1. The maximum absolute atomic E-state index is 13.1. The molecule has 2 aliphatic rings. The van der Waals surface area contributed by atoms with E-state index in [-0.39, 0.29) is 58.8 Å². The van der Waals surface area contributed by atoms with E-state index in [9.17, 15) is 40.8 Å². The molecule has 1 fully saturated rings. The number of rotatable bonds is 19. The molecule has 4 heterocycles. The number of aromatic nitrogens is 2. The summed E-state index contributed by atoms with van der Waals surface area (Å²) in [5, 5.41) is 21.4. The van der Waals surface area contributed by atoms with Crippen LogP contribution in [0.25, 0.3) is 0 Å². The number of nitrogens with zero attached hydrogens (tertiary/aromatic N) is 3. The number of carbonyl (C=O) groups excluding carboxylic acids is 3. The van der Waals surface area contributed by atoms with E-state index < -0.39 is 67.1 Å². The third-order valence-electron chi connectivity index (χ3n) is 8.51. The van der Waals surface area contributed by atoms with Gasteiger partial charge in [-0.15, -0.1) is 15.7 Å². The number of aliphatic carboxylic acids is 2. The molecule has 60 heavy (non-hydrogen) atoms. The van der Waals surface area contributed by atoms with Gasteiger partial charge in [-0.25, -0.2) is 31.1 Å². The highest BCUT2D eigenvalue weighted by atomic mass is 32.3. The smallest absolute Gasteiger partial charge is 0.328 e. The first-order valence-electron chi connectivity index (χ1n) is 18.8. The summed E-state index contributed by atoms with van der Waals surface area (Å²) in [6.07, 6.45) is -1.11. The first-order chi connectivity index (χ1) is 28.0. The lowest BCUT2D eigenvalue weighted by Crippen LogP contribution is -2.44. The molecule has 0 saturated carbocycles. The SMILES string of the molecule is CCN[C@H]1C[C@H](C)S(=O)(=O)c2sc(S(=O)(=O)NC(=O)C(C)OC(=O)CCCC(=O)O[C@@H](CNC(C)(C)C)COc3nsnc3N3CCOCC3)cc21.O=C(O)/C=C\C(=O)O. The van der Waals surface area contributed by atoms with Crippen molar-refractivity contribution in [3.05, 3.63) is 23.8 Å². The van der Waals surface area contributed by atoms with Crippen LogP contribution in [0.1, 0.15) is 78.8 Å². The quantitative estimate of drug-likeness (QED) is 0.0988. The van der Waals surface area contributed by atoms with Gasteiger partial charge in [0.15, 0.2) is 15.9 Å². The Hall–Kier alpha value is -4.27. The van der Waals surface area contributed by atoms with Crippen molar-refractivity contribution in [1.29, 1.82) is 0 Å². The van der Waals surface area contributed by atoms with Crippen molar-refractivity contribution in [3.63, 3.8) is 0 Å². The van der Waals surface area contributed by atoms with Crippen LogP contribution in [0.4, 0.5) is 5.82 Å². The van der Waals surface area contributed by atoms with Crippen LogP contribution >= 0.6 is 23.1 Å². The molecular weight excluding hydrogens is 873 g/mol. The molecule has 0 radical (unpaired) electrons. The lowest BCUT2D eigenvalue weighted by Gasteiger charge is -2.27. The zero-order valence-electron chi connectivity index (χ0n) is 34.0. The van der Waals surface area contributed by atoms with Crippen LogP contribution in [0.15, 0.2) is 26.6 Å². The summed E-state index contributed by atoms with van der Waals surface area (Å²) in [5.74, 6) is -4.08. The molecule has 4 atom stereocenters. The summed E-state index contributed by atoms with van der Waals surface area (Å²) in [6, 6.07) is 0.900. The van der Waals surface area contributed by atoms with Crippen LogP contribution in [0.3, 0.4) is 0 Å². The molecule has 5 N–H and O–H groups in total. The lowest BCUT2D eigenvalue weighted by molar-refractivity contribution is -0.155. The van der Waals surface area contributed by atoms with Gasteiger partial charge in [-0.3, -0.25) is 14.4 Å². The first kappa shape index (κ1) is 50.1.